The van der Waals surface area contributed by atoms with Crippen LogP contribution in [0.3, 0.4) is 0 Å². The summed E-state index contributed by atoms with van der Waals surface area (Å²) < 4.78 is 33.6. The van der Waals surface area contributed by atoms with E-state index >= 15 is 0 Å². The van der Waals surface area contributed by atoms with Crippen molar-refractivity contribution in [3.05, 3.63) is 57.6 Å². The highest BCUT2D eigenvalue weighted by atomic mass is 79.9. The molecule has 0 saturated carbocycles. The normalized spacial score (nSPS) is 15.3. The number of aryl methyl sites for hydroxylation is 3. The molecule has 0 unspecified atom stereocenters. The van der Waals surface area contributed by atoms with Gasteiger partial charge in [0.25, 0.3) is 0 Å². The highest BCUT2D eigenvalue weighted by molar-refractivity contribution is 9.10. The van der Waals surface area contributed by atoms with Crippen LogP contribution in [0.4, 0.5) is 0 Å². The highest BCUT2D eigenvalue weighted by Crippen LogP contribution is 2.26. The van der Waals surface area contributed by atoms with Crippen LogP contribution in [0.1, 0.15) is 23.1 Å². The number of halogens is 1. The summed E-state index contributed by atoms with van der Waals surface area (Å²) in [6, 6.07) is 11.2. The summed E-state index contributed by atoms with van der Waals surface area (Å²) in [5, 5.41) is 0. The van der Waals surface area contributed by atoms with Crippen LogP contribution >= 0.6 is 15.9 Å². The minimum absolute atomic E-state index is 0.0468. The van der Waals surface area contributed by atoms with E-state index in [1.54, 1.807) is 18.1 Å². The number of amides is 1. The lowest BCUT2D eigenvalue weighted by molar-refractivity contribution is -0.132. The standard InChI is InChI=1S/C22H27BrN2O4S/c1-16-4-8-21(17(2)14-16)30(27,28)25-12-10-24(11-13-25)22(26)9-6-18-5-7-20(29-3)19(23)15-18/h4-5,7-8,14-15H,6,9-13H2,1-3H3. The SMILES string of the molecule is COc1ccc(CCC(=O)N2CCN(S(=O)(=O)c3ccc(C)cc3C)CC2)cc1Br. The summed E-state index contributed by atoms with van der Waals surface area (Å²) in [4.78, 5) is 14.7. The molecular weight excluding hydrogens is 468 g/mol. The third kappa shape index (κ3) is 5.04. The van der Waals surface area contributed by atoms with Crippen molar-refractivity contribution in [2.45, 2.75) is 31.6 Å². The first-order valence-corrected chi connectivity index (χ1v) is 12.1. The molecule has 162 valence electrons. The molecule has 1 aliphatic rings. The number of benzene rings is 2. The first-order chi connectivity index (χ1) is 14.2. The van der Waals surface area contributed by atoms with Crippen molar-refractivity contribution >= 4 is 31.9 Å². The molecule has 2 aromatic rings. The molecule has 0 aliphatic carbocycles. The molecule has 0 atom stereocenters. The Balaban J connectivity index is 1.57. The van der Waals surface area contributed by atoms with Gasteiger partial charge in [-0.1, -0.05) is 23.8 Å². The Morgan fingerprint density at radius 3 is 2.37 bits per heavy atom. The minimum atomic E-state index is -3.55. The number of nitrogens with zero attached hydrogens (tertiary/aromatic N) is 2. The molecule has 2 aromatic carbocycles. The smallest absolute Gasteiger partial charge is 0.243 e. The number of piperazine rings is 1. The molecule has 30 heavy (non-hydrogen) atoms. The fourth-order valence-corrected chi connectivity index (χ4v) is 5.90. The van der Waals surface area contributed by atoms with Gasteiger partial charge in [-0.15, -0.1) is 0 Å². The van der Waals surface area contributed by atoms with E-state index < -0.39 is 10.0 Å². The summed E-state index contributed by atoms with van der Waals surface area (Å²) in [6.45, 7) is 5.21. The number of methoxy groups -OCH3 is 1. The maximum absolute atomic E-state index is 13.0. The number of carbonyl (C=O) groups excluding carboxylic acids is 1. The zero-order valence-electron chi connectivity index (χ0n) is 17.5. The number of rotatable bonds is 6. The van der Waals surface area contributed by atoms with Crippen LogP contribution in [0.15, 0.2) is 45.8 Å². The Morgan fingerprint density at radius 2 is 1.77 bits per heavy atom. The fraction of sp³-hybridized carbons (Fsp3) is 0.409. The molecule has 1 aliphatic heterocycles. The third-order valence-corrected chi connectivity index (χ3v) is 8.06. The minimum Gasteiger partial charge on any atom is -0.496 e. The predicted octanol–water partition coefficient (Wildman–Crippen LogP) is 3.54. The molecular formula is C22H27BrN2O4S. The molecule has 0 radical (unpaired) electrons. The topological polar surface area (TPSA) is 66.9 Å². The summed E-state index contributed by atoms with van der Waals surface area (Å²) in [7, 11) is -1.93. The average molecular weight is 495 g/mol. The number of ether oxygens (including phenoxy) is 1. The monoisotopic (exact) mass is 494 g/mol. The predicted molar refractivity (Wildman–Crippen MR) is 120 cm³/mol. The van der Waals surface area contributed by atoms with Crippen molar-refractivity contribution < 1.29 is 17.9 Å². The molecule has 1 fully saturated rings. The molecule has 3 rings (SSSR count). The second-order valence-corrected chi connectivity index (χ2v) is 10.3. The van der Waals surface area contributed by atoms with Crippen LogP contribution in [0, 0.1) is 13.8 Å². The Bertz CT molecular complexity index is 1030. The van der Waals surface area contributed by atoms with Crippen molar-refractivity contribution in [3.8, 4) is 5.75 Å². The van der Waals surface area contributed by atoms with Gasteiger partial charge in [0, 0.05) is 32.6 Å². The van der Waals surface area contributed by atoms with Gasteiger partial charge < -0.3 is 9.64 Å². The maximum Gasteiger partial charge on any atom is 0.243 e. The molecule has 6 nitrogen and oxygen atoms in total. The summed E-state index contributed by atoms with van der Waals surface area (Å²) in [5.41, 5.74) is 2.83. The van der Waals surface area contributed by atoms with E-state index in [4.69, 9.17) is 4.74 Å². The van der Waals surface area contributed by atoms with Gasteiger partial charge in [0.15, 0.2) is 0 Å². The van der Waals surface area contributed by atoms with Gasteiger partial charge in [0.05, 0.1) is 16.5 Å². The molecule has 1 saturated heterocycles. The van der Waals surface area contributed by atoms with E-state index in [0.717, 1.165) is 26.9 Å². The molecule has 0 bridgehead atoms. The Kier molecular flexibility index (Phi) is 7.21. The van der Waals surface area contributed by atoms with Crippen molar-refractivity contribution in [3.63, 3.8) is 0 Å². The number of carbonyl (C=O) groups is 1. The van der Waals surface area contributed by atoms with E-state index in [2.05, 4.69) is 15.9 Å². The van der Waals surface area contributed by atoms with Gasteiger partial charge in [-0.25, -0.2) is 8.42 Å². The summed E-state index contributed by atoms with van der Waals surface area (Å²) >= 11 is 3.46. The van der Waals surface area contributed by atoms with Crippen LogP contribution < -0.4 is 4.74 Å². The molecule has 8 heteroatoms. The lowest BCUT2D eigenvalue weighted by atomic mass is 10.1. The quantitative estimate of drug-likeness (QED) is 0.615. The first-order valence-electron chi connectivity index (χ1n) is 9.90. The van der Waals surface area contributed by atoms with Gasteiger partial charge in [-0.05, 0) is 65.5 Å². The Labute approximate surface area is 187 Å². The van der Waals surface area contributed by atoms with Crippen LogP contribution in [0.5, 0.6) is 5.75 Å². The van der Waals surface area contributed by atoms with Crippen molar-refractivity contribution in [2.24, 2.45) is 0 Å². The lowest BCUT2D eigenvalue weighted by Crippen LogP contribution is -2.50. The zero-order valence-corrected chi connectivity index (χ0v) is 19.9. The van der Waals surface area contributed by atoms with E-state index in [-0.39, 0.29) is 5.91 Å². The lowest BCUT2D eigenvalue weighted by Gasteiger charge is -2.34. The van der Waals surface area contributed by atoms with Gasteiger partial charge in [-0.2, -0.15) is 4.31 Å². The van der Waals surface area contributed by atoms with Crippen molar-refractivity contribution in [1.82, 2.24) is 9.21 Å². The molecule has 0 aromatic heterocycles. The molecule has 0 N–H and O–H groups in total. The number of sulfonamides is 1. The van der Waals surface area contributed by atoms with Crippen LogP contribution in [-0.4, -0.2) is 56.8 Å². The highest BCUT2D eigenvalue weighted by Gasteiger charge is 2.30. The second-order valence-electron chi connectivity index (χ2n) is 7.52. The summed E-state index contributed by atoms with van der Waals surface area (Å²) in [5.74, 6) is 0.803. The largest absolute Gasteiger partial charge is 0.496 e. The molecule has 0 spiro atoms. The fourth-order valence-electron chi connectivity index (χ4n) is 3.68. The van der Waals surface area contributed by atoms with E-state index in [9.17, 15) is 13.2 Å². The Hall–Kier alpha value is -1.90. The van der Waals surface area contributed by atoms with E-state index in [1.807, 2.05) is 44.2 Å². The number of hydrogen-bond acceptors (Lipinski definition) is 4. The van der Waals surface area contributed by atoms with E-state index in [1.165, 1.54) is 4.31 Å². The first kappa shape index (κ1) is 22.8. The molecule has 1 amide bonds. The van der Waals surface area contributed by atoms with Crippen LogP contribution in [0.25, 0.3) is 0 Å². The zero-order chi connectivity index (χ0) is 21.9. The van der Waals surface area contributed by atoms with Crippen molar-refractivity contribution in [1.29, 1.82) is 0 Å². The van der Waals surface area contributed by atoms with Gasteiger partial charge in [-0.3, -0.25) is 4.79 Å². The average Bonchev–Trinajstić information content (AvgIpc) is 2.72. The second kappa shape index (κ2) is 9.49. The maximum atomic E-state index is 13.0. The Morgan fingerprint density at radius 1 is 1.07 bits per heavy atom. The van der Waals surface area contributed by atoms with Gasteiger partial charge >= 0.3 is 0 Å². The number of hydrogen-bond donors (Lipinski definition) is 0. The van der Waals surface area contributed by atoms with Crippen LogP contribution in [0.2, 0.25) is 0 Å². The van der Waals surface area contributed by atoms with Crippen LogP contribution in [-0.2, 0) is 21.2 Å². The van der Waals surface area contributed by atoms with E-state index in [0.29, 0.717) is 43.9 Å². The molecule has 1 heterocycles. The third-order valence-electron chi connectivity index (χ3n) is 5.38. The van der Waals surface area contributed by atoms with Crippen molar-refractivity contribution in [2.75, 3.05) is 33.3 Å². The van der Waals surface area contributed by atoms with Gasteiger partial charge in [0.1, 0.15) is 5.75 Å². The summed E-state index contributed by atoms with van der Waals surface area (Å²) in [6.07, 6.45) is 1.02. The van der Waals surface area contributed by atoms with Gasteiger partial charge in [0.2, 0.25) is 15.9 Å².